The van der Waals surface area contributed by atoms with Crippen LogP contribution in [0.25, 0.3) is 0 Å². The molecular formula is C5H3F7IN. The fourth-order valence-corrected chi connectivity index (χ4v) is 1.77. The third kappa shape index (κ3) is 0.996. The predicted octanol–water partition coefficient (Wildman–Crippen LogP) is 2.33. The van der Waals surface area contributed by atoms with Crippen molar-refractivity contribution in [2.75, 3.05) is 0 Å². The summed E-state index contributed by atoms with van der Waals surface area (Å²) in [6.07, 6.45) is 0. The highest BCUT2D eigenvalue weighted by atomic mass is 127. The minimum atomic E-state index is -5.78. The van der Waals surface area contributed by atoms with Crippen molar-refractivity contribution in [2.45, 2.75) is 27.5 Å². The van der Waals surface area contributed by atoms with E-state index in [0.717, 1.165) is 0 Å². The molecule has 2 atom stereocenters. The molecule has 0 aromatic heterocycles. The van der Waals surface area contributed by atoms with Gasteiger partial charge in [0.25, 0.3) is 3.68 Å². The van der Waals surface area contributed by atoms with Crippen molar-refractivity contribution in [2.24, 2.45) is 5.73 Å². The molecule has 0 aliphatic heterocycles. The molecule has 0 heterocycles. The Hall–Kier alpha value is 0.200. The number of halogens is 8. The van der Waals surface area contributed by atoms with Crippen molar-refractivity contribution in [1.82, 2.24) is 0 Å². The molecule has 1 aliphatic rings. The molecule has 0 spiro atoms. The van der Waals surface area contributed by atoms with Gasteiger partial charge in [-0.1, -0.05) is 0 Å². The molecule has 14 heavy (non-hydrogen) atoms. The summed E-state index contributed by atoms with van der Waals surface area (Å²) in [6, 6.07) is -3.25. The van der Waals surface area contributed by atoms with Crippen molar-refractivity contribution < 1.29 is 30.7 Å². The van der Waals surface area contributed by atoms with Crippen LogP contribution in [0.4, 0.5) is 30.7 Å². The van der Waals surface area contributed by atoms with Gasteiger partial charge in [-0.3, -0.25) is 0 Å². The Bertz CT molecular complexity index is 237. The molecule has 0 bridgehead atoms. The Morgan fingerprint density at radius 2 is 1.21 bits per heavy atom. The molecule has 1 aliphatic carbocycles. The largest absolute Gasteiger partial charge is 0.377 e. The van der Waals surface area contributed by atoms with Gasteiger partial charge < -0.3 is 5.73 Å². The second-order valence-electron chi connectivity index (χ2n) is 2.87. The van der Waals surface area contributed by atoms with Gasteiger partial charge in [0.1, 0.15) is 6.04 Å². The minimum Gasteiger partial charge on any atom is -0.319 e. The summed E-state index contributed by atoms with van der Waals surface area (Å²) in [6.45, 7) is 0. The van der Waals surface area contributed by atoms with E-state index in [1.54, 1.807) is 0 Å². The molecule has 0 radical (unpaired) electrons. The quantitative estimate of drug-likeness (QED) is 0.410. The highest BCUT2D eigenvalue weighted by molar-refractivity contribution is 14.1. The third-order valence-electron chi connectivity index (χ3n) is 2.01. The van der Waals surface area contributed by atoms with E-state index in [1.807, 2.05) is 0 Å². The zero-order chi connectivity index (χ0) is 11.6. The molecule has 84 valence electrons. The van der Waals surface area contributed by atoms with Gasteiger partial charge in [0.15, 0.2) is 0 Å². The van der Waals surface area contributed by atoms with Gasteiger partial charge in [0.2, 0.25) is 0 Å². The first-order chi connectivity index (χ1) is 5.90. The Kier molecular flexibility index (Phi) is 2.33. The minimum absolute atomic E-state index is 0.184. The average molecular weight is 337 g/mol. The van der Waals surface area contributed by atoms with Crippen LogP contribution < -0.4 is 5.73 Å². The maximum absolute atomic E-state index is 12.9. The maximum atomic E-state index is 12.9. The monoisotopic (exact) mass is 337 g/mol. The summed E-state index contributed by atoms with van der Waals surface area (Å²) in [5, 5.41) is 0. The second kappa shape index (κ2) is 2.66. The predicted molar refractivity (Wildman–Crippen MR) is 40.7 cm³/mol. The fourth-order valence-electron chi connectivity index (χ4n) is 1.04. The van der Waals surface area contributed by atoms with Crippen molar-refractivity contribution in [3.8, 4) is 0 Å². The molecule has 0 saturated heterocycles. The molecule has 1 saturated carbocycles. The summed E-state index contributed by atoms with van der Waals surface area (Å²) in [4.78, 5) is 0. The Labute approximate surface area is 87.0 Å². The first-order valence-corrected chi connectivity index (χ1v) is 4.25. The molecule has 1 fully saturated rings. The SMILES string of the molecule is NC1C(F)(F)C(F)(F)C(F)(F)C1(F)I. The lowest BCUT2D eigenvalue weighted by atomic mass is 10.2. The Morgan fingerprint density at radius 1 is 0.857 bits per heavy atom. The Morgan fingerprint density at radius 3 is 1.29 bits per heavy atom. The molecule has 1 nitrogen and oxygen atoms in total. The van der Waals surface area contributed by atoms with E-state index in [-0.39, 0.29) is 22.6 Å². The molecule has 2 N–H and O–H groups in total. The van der Waals surface area contributed by atoms with Crippen molar-refractivity contribution in [3.05, 3.63) is 0 Å². The third-order valence-corrected chi connectivity index (χ3v) is 3.36. The summed E-state index contributed by atoms with van der Waals surface area (Å²) >= 11 is 0.184. The van der Waals surface area contributed by atoms with Gasteiger partial charge in [-0.05, 0) is 22.6 Å². The summed E-state index contributed by atoms with van der Waals surface area (Å²) in [7, 11) is 0. The molecular weight excluding hydrogens is 334 g/mol. The fraction of sp³-hybridized carbons (Fsp3) is 1.00. The second-order valence-corrected chi connectivity index (χ2v) is 4.44. The zero-order valence-electron chi connectivity index (χ0n) is 6.18. The molecule has 0 amide bonds. The highest BCUT2D eigenvalue weighted by Gasteiger charge is 2.90. The molecule has 1 rings (SSSR count). The topological polar surface area (TPSA) is 26.0 Å². The molecule has 9 heteroatoms. The van der Waals surface area contributed by atoms with E-state index in [4.69, 9.17) is 0 Å². The van der Waals surface area contributed by atoms with Gasteiger partial charge in [-0.2, -0.15) is 26.3 Å². The Balaban J connectivity index is 3.38. The number of nitrogens with two attached hydrogens (primary N) is 1. The number of hydrogen-bond acceptors (Lipinski definition) is 1. The van der Waals surface area contributed by atoms with Gasteiger partial charge >= 0.3 is 17.8 Å². The van der Waals surface area contributed by atoms with Gasteiger partial charge in [0, 0.05) is 0 Å². The van der Waals surface area contributed by atoms with Gasteiger partial charge in [0.05, 0.1) is 0 Å². The van der Waals surface area contributed by atoms with E-state index < -0.39 is 27.5 Å². The number of alkyl halides is 8. The first-order valence-electron chi connectivity index (χ1n) is 3.17. The van der Waals surface area contributed by atoms with Crippen LogP contribution >= 0.6 is 22.6 Å². The average Bonchev–Trinajstić information content (AvgIpc) is 2.05. The van der Waals surface area contributed by atoms with Crippen LogP contribution in [-0.2, 0) is 0 Å². The normalized spacial score (nSPS) is 43.9. The summed E-state index contributed by atoms with van der Waals surface area (Å²) < 4.78 is 83.7. The van der Waals surface area contributed by atoms with Gasteiger partial charge in [-0.25, -0.2) is 4.39 Å². The van der Waals surface area contributed by atoms with Crippen molar-refractivity contribution in [3.63, 3.8) is 0 Å². The van der Waals surface area contributed by atoms with Crippen LogP contribution in [0.3, 0.4) is 0 Å². The molecule has 0 aromatic carbocycles. The van der Waals surface area contributed by atoms with Crippen molar-refractivity contribution >= 4 is 22.6 Å². The van der Waals surface area contributed by atoms with E-state index in [1.165, 1.54) is 0 Å². The first kappa shape index (κ1) is 12.3. The zero-order valence-corrected chi connectivity index (χ0v) is 8.34. The van der Waals surface area contributed by atoms with Crippen LogP contribution in [0.1, 0.15) is 0 Å². The highest BCUT2D eigenvalue weighted by Crippen LogP contribution is 2.64. The van der Waals surface area contributed by atoms with Crippen molar-refractivity contribution in [1.29, 1.82) is 0 Å². The van der Waals surface area contributed by atoms with Gasteiger partial charge in [-0.15, -0.1) is 0 Å². The van der Waals surface area contributed by atoms with E-state index in [0.29, 0.717) is 0 Å². The van der Waals surface area contributed by atoms with Crippen LogP contribution in [0.5, 0.6) is 0 Å². The van der Waals surface area contributed by atoms with E-state index in [2.05, 4.69) is 5.73 Å². The van der Waals surface area contributed by atoms with Crippen LogP contribution in [0.15, 0.2) is 0 Å². The lowest BCUT2D eigenvalue weighted by molar-refractivity contribution is -0.279. The van der Waals surface area contributed by atoms with E-state index in [9.17, 15) is 30.7 Å². The smallest absolute Gasteiger partial charge is 0.319 e. The summed E-state index contributed by atoms with van der Waals surface area (Å²) in [5.74, 6) is -16.6. The summed E-state index contributed by atoms with van der Waals surface area (Å²) in [5.41, 5.74) is 4.35. The lowest BCUT2D eigenvalue weighted by Crippen LogP contribution is -2.50. The number of rotatable bonds is 0. The molecule has 2 unspecified atom stereocenters. The number of hydrogen-bond donors (Lipinski definition) is 1. The van der Waals surface area contributed by atoms with Crippen LogP contribution in [0.2, 0.25) is 0 Å². The lowest BCUT2D eigenvalue weighted by Gasteiger charge is -2.24. The van der Waals surface area contributed by atoms with Crippen LogP contribution in [0, 0.1) is 0 Å². The van der Waals surface area contributed by atoms with Crippen LogP contribution in [-0.4, -0.2) is 27.5 Å². The molecule has 0 aromatic rings. The van der Waals surface area contributed by atoms with E-state index >= 15 is 0 Å². The standard InChI is InChI=1S/C5H3F7IN/c6-2(7)1(14)3(8,13)5(11,12)4(2,9)10/h1H,14H2. The maximum Gasteiger partial charge on any atom is 0.377 e.